The minimum absolute atomic E-state index is 0.346. The first kappa shape index (κ1) is 13.6. The second-order valence-electron chi connectivity index (χ2n) is 4.34. The smallest absolute Gasteiger partial charge is 0.283 e. The van der Waals surface area contributed by atoms with Gasteiger partial charge in [-0.25, -0.2) is 4.98 Å². The molecule has 3 aromatic heterocycles. The lowest BCUT2D eigenvalue weighted by Gasteiger charge is -1.90. The SMILES string of the molecule is Brc1ccc(-c2nnc(CSc3nc4ccccc4o3)o2)o1. The van der Waals surface area contributed by atoms with Gasteiger partial charge in [0.15, 0.2) is 16.0 Å². The van der Waals surface area contributed by atoms with Crippen molar-refractivity contribution in [3.05, 3.63) is 47.0 Å². The van der Waals surface area contributed by atoms with Crippen molar-refractivity contribution in [3.8, 4) is 11.7 Å². The first-order chi connectivity index (χ1) is 10.8. The van der Waals surface area contributed by atoms with Gasteiger partial charge in [-0.05, 0) is 40.2 Å². The highest BCUT2D eigenvalue weighted by Crippen LogP contribution is 2.28. The average Bonchev–Trinajstić information content (AvgIpc) is 3.23. The number of nitrogens with zero attached hydrogens (tertiary/aromatic N) is 3. The van der Waals surface area contributed by atoms with E-state index in [4.69, 9.17) is 13.3 Å². The standard InChI is InChI=1S/C14H8BrN3O3S/c15-11-6-5-10(19-11)13-18-17-12(21-13)7-22-14-16-8-3-1-2-4-9(8)20-14/h1-6H,7H2. The van der Waals surface area contributed by atoms with E-state index in [-0.39, 0.29) is 0 Å². The fourth-order valence-corrected chi connectivity index (χ4v) is 2.86. The van der Waals surface area contributed by atoms with Crippen LogP contribution in [0.15, 0.2) is 59.5 Å². The van der Waals surface area contributed by atoms with Gasteiger partial charge in [0.05, 0.1) is 5.75 Å². The maximum atomic E-state index is 5.62. The van der Waals surface area contributed by atoms with Crippen molar-refractivity contribution < 1.29 is 13.3 Å². The summed E-state index contributed by atoms with van der Waals surface area (Å²) in [6, 6.07) is 11.1. The topological polar surface area (TPSA) is 78.1 Å². The maximum absolute atomic E-state index is 5.62. The van der Waals surface area contributed by atoms with Gasteiger partial charge in [0.25, 0.3) is 11.1 Å². The van der Waals surface area contributed by atoms with Crippen LogP contribution in [0.2, 0.25) is 0 Å². The third-order valence-electron chi connectivity index (χ3n) is 2.84. The molecule has 6 nitrogen and oxygen atoms in total. The van der Waals surface area contributed by atoms with E-state index in [1.807, 2.05) is 24.3 Å². The molecule has 0 aliphatic heterocycles. The van der Waals surface area contributed by atoms with Crippen LogP contribution in [0.1, 0.15) is 5.89 Å². The van der Waals surface area contributed by atoms with E-state index >= 15 is 0 Å². The van der Waals surface area contributed by atoms with E-state index in [9.17, 15) is 0 Å². The quantitative estimate of drug-likeness (QED) is 0.483. The molecule has 22 heavy (non-hydrogen) atoms. The van der Waals surface area contributed by atoms with Crippen LogP contribution in [0, 0.1) is 0 Å². The third kappa shape index (κ3) is 2.67. The van der Waals surface area contributed by atoms with Gasteiger partial charge in [-0.2, -0.15) is 0 Å². The number of oxazole rings is 1. The first-order valence-electron chi connectivity index (χ1n) is 6.34. The zero-order valence-electron chi connectivity index (χ0n) is 11.0. The second kappa shape index (κ2) is 5.62. The maximum Gasteiger partial charge on any atom is 0.283 e. The molecule has 4 aromatic rings. The van der Waals surface area contributed by atoms with Crippen LogP contribution in [-0.2, 0) is 5.75 Å². The van der Waals surface area contributed by atoms with Gasteiger partial charge in [0.1, 0.15) is 5.52 Å². The summed E-state index contributed by atoms with van der Waals surface area (Å²) in [5.41, 5.74) is 1.59. The fraction of sp³-hybridized carbons (Fsp3) is 0.0714. The van der Waals surface area contributed by atoms with Gasteiger partial charge in [-0.1, -0.05) is 23.9 Å². The highest BCUT2D eigenvalue weighted by atomic mass is 79.9. The minimum atomic E-state index is 0.346. The number of aromatic nitrogens is 3. The fourth-order valence-electron chi connectivity index (χ4n) is 1.88. The van der Waals surface area contributed by atoms with E-state index in [1.54, 1.807) is 12.1 Å². The van der Waals surface area contributed by atoms with E-state index in [2.05, 4.69) is 31.1 Å². The van der Waals surface area contributed by atoms with Crippen LogP contribution in [0.5, 0.6) is 0 Å². The molecule has 0 unspecified atom stereocenters. The Morgan fingerprint density at radius 3 is 2.73 bits per heavy atom. The van der Waals surface area contributed by atoms with Crippen LogP contribution in [0.25, 0.3) is 22.8 Å². The van der Waals surface area contributed by atoms with Gasteiger partial charge < -0.3 is 13.3 Å². The predicted molar refractivity (Wildman–Crippen MR) is 83.3 cm³/mol. The number of hydrogen-bond donors (Lipinski definition) is 0. The Morgan fingerprint density at radius 1 is 1.00 bits per heavy atom. The normalized spacial score (nSPS) is 11.3. The Hall–Kier alpha value is -2.06. The molecule has 0 saturated carbocycles. The lowest BCUT2D eigenvalue weighted by Crippen LogP contribution is -1.80. The lowest BCUT2D eigenvalue weighted by atomic mass is 10.3. The van der Waals surface area contributed by atoms with Crippen molar-refractivity contribution >= 4 is 38.8 Å². The third-order valence-corrected chi connectivity index (χ3v) is 4.08. The average molecular weight is 378 g/mol. The summed E-state index contributed by atoms with van der Waals surface area (Å²) in [5, 5.41) is 8.52. The van der Waals surface area contributed by atoms with Crippen LogP contribution in [0.4, 0.5) is 0 Å². The van der Waals surface area contributed by atoms with Crippen molar-refractivity contribution in [1.29, 1.82) is 0 Å². The summed E-state index contributed by atoms with van der Waals surface area (Å²) in [7, 11) is 0. The Bertz CT molecular complexity index is 897. The van der Waals surface area contributed by atoms with Crippen LogP contribution >= 0.6 is 27.7 Å². The molecule has 0 fully saturated rings. The largest absolute Gasteiger partial charge is 0.444 e. The molecule has 8 heteroatoms. The summed E-state index contributed by atoms with van der Waals surface area (Å²) < 4.78 is 17.2. The Morgan fingerprint density at radius 2 is 1.91 bits per heavy atom. The highest BCUT2D eigenvalue weighted by Gasteiger charge is 2.14. The van der Waals surface area contributed by atoms with Crippen molar-refractivity contribution in [2.75, 3.05) is 0 Å². The first-order valence-corrected chi connectivity index (χ1v) is 8.12. The number of thioether (sulfide) groups is 1. The molecule has 0 amide bonds. The molecule has 4 rings (SSSR count). The molecule has 0 radical (unpaired) electrons. The molecule has 1 aromatic carbocycles. The molecular weight excluding hydrogens is 370 g/mol. The van der Waals surface area contributed by atoms with E-state index in [1.165, 1.54) is 11.8 Å². The Balaban J connectivity index is 1.48. The number of benzene rings is 1. The molecule has 0 saturated heterocycles. The summed E-state index contributed by atoms with van der Waals surface area (Å²) in [6.45, 7) is 0. The molecule has 110 valence electrons. The van der Waals surface area contributed by atoms with Crippen LogP contribution in [0.3, 0.4) is 0 Å². The molecule has 0 atom stereocenters. The van der Waals surface area contributed by atoms with Gasteiger partial charge >= 0.3 is 0 Å². The van der Waals surface area contributed by atoms with Crippen LogP contribution < -0.4 is 0 Å². The molecule has 0 aliphatic carbocycles. The monoisotopic (exact) mass is 377 g/mol. The van der Waals surface area contributed by atoms with E-state index in [0.29, 0.717) is 33.2 Å². The Labute approximate surface area is 137 Å². The van der Waals surface area contributed by atoms with Crippen molar-refractivity contribution in [1.82, 2.24) is 15.2 Å². The summed E-state index contributed by atoms with van der Waals surface area (Å²) in [5.74, 6) is 1.83. The van der Waals surface area contributed by atoms with E-state index < -0.39 is 0 Å². The zero-order chi connectivity index (χ0) is 14.9. The number of fused-ring (bicyclic) bond motifs is 1. The number of halogens is 1. The Kier molecular flexibility index (Phi) is 3.47. The highest BCUT2D eigenvalue weighted by molar-refractivity contribution is 9.10. The molecule has 0 bridgehead atoms. The summed E-state index contributed by atoms with van der Waals surface area (Å²) in [4.78, 5) is 4.38. The number of rotatable bonds is 4. The molecular formula is C14H8BrN3O3S. The van der Waals surface area contributed by atoms with Crippen molar-refractivity contribution in [2.24, 2.45) is 0 Å². The minimum Gasteiger partial charge on any atom is -0.444 e. The van der Waals surface area contributed by atoms with Crippen molar-refractivity contribution in [3.63, 3.8) is 0 Å². The molecule has 0 N–H and O–H groups in total. The van der Waals surface area contributed by atoms with E-state index in [0.717, 1.165) is 11.1 Å². The molecule has 0 aliphatic rings. The molecule has 3 heterocycles. The van der Waals surface area contributed by atoms with Gasteiger partial charge in [0.2, 0.25) is 5.89 Å². The van der Waals surface area contributed by atoms with Gasteiger partial charge in [0, 0.05) is 0 Å². The number of hydrogen-bond acceptors (Lipinski definition) is 7. The van der Waals surface area contributed by atoms with Gasteiger partial charge in [-0.15, -0.1) is 10.2 Å². The number of furan rings is 1. The summed E-state index contributed by atoms with van der Waals surface area (Å²) >= 11 is 4.63. The number of para-hydroxylation sites is 2. The predicted octanol–water partition coefficient (Wildman–Crippen LogP) is 4.53. The summed E-state index contributed by atoms with van der Waals surface area (Å²) in [6.07, 6.45) is 0. The second-order valence-corrected chi connectivity index (χ2v) is 6.05. The van der Waals surface area contributed by atoms with Crippen molar-refractivity contribution in [2.45, 2.75) is 11.0 Å². The zero-order valence-corrected chi connectivity index (χ0v) is 13.4. The van der Waals surface area contributed by atoms with Crippen LogP contribution in [-0.4, -0.2) is 15.2 Å². The van der Waals surface area contributed by atoms with Gasteiger partial charge in [-0.3, -0.25) is 0 Å². The molecule has 0 spiro atoms. The lowest BCUT2D eigenvalue weighted by molar-refractivity contribution is 0.479.